The number of anilines is 2. The topological polar surface area (TPSA) is 76.7 Å². The minimum absolute atomic E-state index is 0.162. The van der Waals surface area contributed by atoms with Crippen molar-refractivity contribution in [1.82, 2.24) is 4.57 Å². The zero-order valence-corrected chi connectivity index (χ0v) is 16.8. The van der Waals surface area contributed by atoms with Gasteiger partial charge in [0, 0.05) is 30.5 Å². The van der Waals surface area contributed by atoms with Gasteiger partial charge < -0.3 is 19.4 Å². The van der Waals surface area contributed by atoms with Crippen LogP contribution in [-0.2, 0) is 16.1 Å². The van der Waals surface area contributed by atoms with Crippen LogP contribution in [0.15, 0.2) is 56.1 Å². The molecule has 0 bridgehead atoms. The van der Waals surface area contributed by atoms with E-state index in [0.29, 0.717) is 24.3 Å². The van der Waals surface area contributed by atoms with Crippen LogP contribution < -0.4 is 16.0 Å². The number of aromatic nitrogens is 1. The number of carbonyl (C=O) groups excluding carboxylic acids is 1. The van der Waals surface area contributed by atoms with Crippen molar-refractivity contribution in [1.29, 1.82) is 0 Å². The van der Waals surface area contributed by atoms with Crippen LogP contribution in [0.5, 0.6) is 0 Å². The van der Waals surface area contributed by atoms with E-state index in [1.54, 1.807) is 6.07 Å². The maximum atomic E-state index is 12.6. The quantitative estimate of drug-likeness (QED) is 0.652. The molecule has 1 aliphatic rings. The van der Waals surface area contributed by atoms with Crippen LogP contribution >= 0.6 is 15.9 Å². The molecule has 0 spiro atoms. The molecular weight excluding hydrogens is 426 g/mol. The molecule has 2 heterocycles. The minimum atomic E-state index is -0.453. The summed E-state index contributed by atoms with van der Waals surface area (Å²) in [6, 6.07) is 13.0. The van der Waals surface area contributed by atoms with Crippen molar-refractivity contribution >= 4 is 44.3 Å². The van der Waals surface area contributed by atoms with Gasteiger partial charge in [-0.25, -0.2) is 4.79 Å². The summed E-state index contributed by atoms with van der Waals surface area (Å²) in [6.45, 7) is 3.14. The van der Waals surface area contributed by atoms with E-state index >= 15 is 0 Å². The van der Waals surface area contributed by atoms with Gasteiger partial charge in [0.15, 0.2) is 5.58 Å². The Balaban J connectivity index is 1.48. The molecule has 0 aliphatic carbocycles. The minimum Gasteiger partial charge on any atom is -0.408 e. The fourth-order valence-electron chi connectivity index (χ4n) is 3.34. The maximum absolute atomic E-state index is 12.6. The van der Waals surface area contributed by atoms with Crippen LogP contribution in [0, 0.1) is 0 Å². The molecule has 1 fully saturated rings. The van der Waals surface area contributed by atoms with E-state index in [-0.39, 0.29) is 18.9 Å². The smallest absolute Gasteiger partial charge is 0.408 e. The molecule has 3 aromatic rings. The second-order valence-corrected chi connectivity index (χ2v) is 7.46. The summed E-state index contributed by atoms with van der Waals surface area (Å²) in [5, 5.41) is 2.98. The molecule has 0 atom stereocenters. The standard InChI is InChI=1S/C20H20BrN3O4/c21-14-5-6-16(23-9-11-27-12-10-23)15(13-14)22-19(25)7-8-24-17-3-1-2-4-18(17)28-20(24)26/h1-6,13H,7-12H2,(H,22,25). The summed E-state index contributed by atoms with van der Waals surface area (Å²) >= 11 is 3.47. The van der Waals surface area contributed by atoms with E-state index in [1.807, 2.05) is 36.4 Å². The van der Waals surface area contributed by atoms with Crippen LogP contribution in [0.2, 0.25) is 0 Å². The van der Waals surface area contributed by atoms with E-state index in [2.05, 4.69) is 26.1 Å². The fourth-order valence-corrected chi connectivity index (χ4v) is 3.70. The number of fused-ring (bicyclic) bond motifs is 1. The van der Waals surface area contributed by atoms with E-state index in [9.17, 15) is 9.59 Å². The summed E-state index contributed by atoms with van der Waals surface area (Å²) in [6.07, 6.45) is 0.165. The Morgan fingerprint density at radius 3 is 2.75 bits per heavy atom. The molecular formula is C20H20BrN3O4. The highest BCUT2D eigenvalue weighted by atomic mass is 79.9. The number of aryl methyl sites for hydroxylation is 1. The van der Waals surface area contributed by atoms with Gasteiger partial charge in [-0.1, -0.05) is 28.1 Å². The van der Waals surface area contributed by atoms with Crippen LogP contribution in [0.4, 0.5) is 11.4 Å². The summed E-state index contributed by atoms with van der Waals surface area (Å²) in [5.41, 5.74) is 2.92. The van der Waals surface area contributed by atoms with Crippen molar-refractivity contribution in [3.05, 3.63) is 57.5 Å². The molecule has 28 heavy (non-hydrogen) atoms. The summed E-state index contributed by atoms with van der Waals surface area (Å²) < 4.78 is 13.0. The summed E-state index contributed by atoms with van der Waals surface area (Å²) in [4.78, 5) is 26.8. The normalized spacial score (nSPS) is 14.4. The molecule has 146 valence electrons. The second kappa shape index (κ2) is 8.20. The molecule has 1 amide bonds. The Morgan fingerprint density at radius 1 is 1.14 bits per heavy atom. The Morgan fingerprint density at radius 2 is 1.93 bits per heavy atom. The van der Waals surface area contributed by atoms with Crippen molar-refractivity contribution in [3.8, 4) is 0 Å². The predicted octanol–water partition coefficient (Wildman–Crippen LogP) is 3.22. The molecule has 7 nitrogen and oxygen atoms in total. The SMILES string of the molecule is O=C(CCn1c(=O)oc2ccccc21)Nc1cc(Br)ccc1N1CCOCC1. The van der Waals surface area contributed by atoms with E-state index in [1.165, 1.54) is 4.57 Å². The molecule has 0 radical (unpaired) electrons. The fraction of sp³-hybridized carbons (Fsp3) is 0.300. The molecule has 1 saturated heterocycles. The second-order valence-electron chi connectivity index (χ2n) is 6.55. The third-order valence-corrected chi connectivity index (χ3v) is 5.21. The van der Waals surface area contributed by atoms with Crippen LogP contribution in [0.3, 0.4) is 0 Å². The van der Waals surface area contributed by atoms with Gasteiger partial charge in [0.1, 0.15) is 0 Å². The number of hydrogen-bond acceptors (Lipinski definition) is 5. The molecule has 1 aliphatic heterocycles. The monoisotopic (exact) mass is 445 g/mol. The molecule has 2 aromatic carbocycles. The van der Waals surface area contributed by atoms with E-state index < -0.39 is 5.76 Å². The highest BCUT2D eigenvalue weighted by molar-refractivity contribution is 9.10. The lowest BCUT2D eigenvalue weighted by Crippen LogP contribution is -2.36. The van der Waals surface area contributed by atoms with Gasteiger partial charge in [-0.05, 0) is 30.3 Å². The summed E-state index contributed by atoms with van der Waals surface area (Å²) in [7, 11) is 0. The number of carbonyl (C=O) groups is 1. The number of nitrogens with zero attached hydrogens (tertiary/aromatic N) is 2. The van der Waals surface area contributed by atoms with Crippen molar-refractivity contribution in [2.24, 2.45) is 0 Å². The number of morpholine rings is 1. The lowest BCUT2D eigenvalue weighted by molar-refractivity contribution is -0.116. The Hall–Kier alpha value is -2.58. The molecule has 0 unspecified atom stereocenters. The number of oxazole rings is 1. The molecule has 1 aromatic heterocycles. The number of rotatable bonds is 5. The average Bonchev–Trinajstić information content (AvgIpc) is 3.02. The highest BCUT2D eigenvalue weighted by Gasteiger charge is 2.17. The average molecular weight is 446 g/mol. The zero-order chi connectivity index (χ0) is 19.5. The zero-order valence-electron chi connectivity index (χ0n) is 15.2. The summed E-state index contributed by atoms with van der Waals surface area (Å²) in [5.74, 6) is -0.616. The Kier molecular flexibility index (Phi) is 5.50. The van der Waals surface area contributed by atoms with Gasteiger partial charge in [0.2, 0.25) is 5.91 Å². The highest BCUT2D eigenvalue weighted by Crippen LogP contribution is 2.30. The lowest BCUT2D eigenvalue weighted by atomic mass is 10.2. The first-order valence-electron chi connectivity index (χ1n) is 9.12. The lowest BCUT2D eigenvalue weighted by Gasteiger charge is -2.30. The van der Waals surface area contributed by atoms with Crippen LogP contribution in [-0.4, -0.2) is 36.8 Å². The number of hydrogen-bond donors (Lipinski definition) is 1. The largest absolute Gasteiger partial charge is 0.419 e. The van der Waals surface area contributed by atoms with Crippen molar-refractivity contribution < 1.29 is 13.9 Å². The first-order chi connectivity index (χ1) is 13.6. The van der Waals surface area contributed by atoms with E-state index in [4.69, 9.17) is 9.15 Å². The van der Waals surface area contributed by atoms with Gasteiger partial charge in [-0.2, -0.15) is 0 Å². The number of nitrogens with one attached hydrogen (secondary N) is 1. The molecule has 1 N–H and O–H groups in total. The predicted molar refractivity (Wildman–Crippen MR) is 111 cm³/mol. The number of benzene rings is 2. The van der Waals surface area contributed by atoms with Crippen molar-refractivity contribution in [2.45, 2.75) is 13.0 Å². The maximum Gasteiger partial charge on any atom is 0.419 e. The molecule has 8 heteroatoms. The number of ether oxygens (including phenoxy) is 1. The van der Waals surface area contributed by atoms with Gasteiger partial charge in [-0.3, -0.25) is 9.36 Å². The van der Waals surface area contributed by atoms with Gasteiger partial charge in [0.05, 0.1) is 30.1 Å². The molecule has 0 saturated carbocycles. The molecule has 4 rings (SSSR count). The first-order valence-corrected chi connectivity index (χ1v) is 9.91. The Labute approximate surface area is 170 Å². The third-order valence-electron chi connectivity index (χ3n) is 4.72. The van der Waals surface area contributed by atoms with Crippen molar-refractivity contribution in [2.75, 3.05) is 36.5 Å². The number of halogens is 1. The van der Waals surface area contributed by atoms with Crippen LogP contribution in [0.1, 0.15) is 6.42 Å². The number of amides is 1. The van der Waals surface area contributed by atoms with E-state index in [0.717, 1.165) is 28.9 Å². The van der Waals surface area contributed by atoms with Crippen molar-refractivity contribution in [3.63, 3.8) is 0 Å². The first kappa shape index (κ1) is 18.8. The van der Waals surface area contributed by atoms with Crippen LogP contribution in [0.25, 0.3) is 11.1 Å². The van der Waals surface area contributed by atoms with Gasteiger partial charge in [-0.15, -0.1) is 0 Å². The third kappa shape index (κ3) is 3.98. The Bertz CT molecular complexity index is 1050. The van der Waals surface area contributed by atoms with Gasteiger partial charge in [0.25, 0.3) is 0 Å². The van der Waals surface area contributed by atoms with Gasteiger partial charge >= 0.3 is 5.76 Å². The number of para-hydroxylation sites is 2.